The van der Waals surface area contributed by atoms with Crippen LogP contribution < -0.4 is 11.1 Å². The molecule has 1 amide bonds. The average Bonchev–Trinajstić information content (AvgIpc) is 2.30. The highest BCUT2D eigenvalue weighted by molar-refractivity contribution is 5.92. The SMILES string of the molecule is NCCOCC(=O)Nc1ccc(C(=O)O)nc1. The van der Waals surface area contributed by atoms with E-state index in [2.05, 4.69) is 10.3 Å². The highest BCUT2D eigenvalue weighted by atomic mass is 16.5. The number of nitrogens with zero attached hydrogens (tertiary/aromatic N) is 1. The fraction of sp³-hybridized carbons (Fsp3) is 0.300. The molecule has 0 aliphatic heterocycles. The van der Waals surface area contributed by atoms with Crippen LogP contribution in [0.3, 0.4) is 0 Å². The molecule has 0 fully saturated rings. The summed E-state index contributed by atoms with van der Waals surface area (Å²) in [6, 6.07) is 2.76. The van der Waals surface area contributed by atoms with Crippen LogP contribution in [0, 0.1) is 0 Å². The van der Waals surface area contributed by atoms with E-state index in [1.807, 2.05) is 0 Å². The van der Waals surface area contributed by atoms with Crippen LogP contribution in [-0.2, 0) is 9.53 Å². The van der Waals surface area contributed by atoms with Crippen molar-refractivity contribution in [3.05, 3.63) is 24.0 Å². The van der Waals surface area contributed by atoms with Crippen LogP contribution in [0.15, 0.2) is 18.3 Å². The van der Waals surface area contributed by atoms with Crippen molar-refractivity contribution in [3.8, 4) is 0 Å². The van der Waals surface area contributed by atoms with E-state index < -0.39 is 5.97 Å². The molecule has 0 spiro atoms. The number of carbonyl (C=O) groups is 2. The standard InChI is InChI=1S/C10H13N3O4/c11-3-4-17-6-9(14)13-7-1-2-8(10(15)16)12-5-7/h1-2,5H,3-4,6,11H2,(H,13,14)(H,15,16). The maximum Gasteiger partial charge on any atom is 0.354 e. The number of amides is 1. The molecule has 0 bridgehead atoms. The zero-order valence-electron chi connectivity index (χ0n) is 9.05. The number of nitrogens with two attached hydrogens (primary N) is 1. The lowest BCUT2D eigenvalue weighted by atomic mass is 10.3. The molecule has 1 rings (SSSR count). The Morgan fingerprint density at radius 3 is 2.76 bits per heavy atom. The van der Waals surface area contributed by atoms with Gasteiger partial charge in [-0.3, -0.25) is 4.79 Å². The van der Waals surface area contributed by atoms with Crippen LogP contribution in [-0.4, -0.2) is 41.7 Å². The van der Waals surface area contributed by atoms with Gasteiger partial charge in [0.25, 0.3) is 0 Å². The molecule has 1 heterocycles. The highest BCUT2D eigenvalue weighted by Gasteiger charge is 2.05. The van der Waals surface area contributed by atoms with Crippen LogP contribution in [0.2, 0.25) is 0 Å². The number of carboxylic acids is 1. The Balaban J connectivity index is 2.46. The summed E-state index contributed by atoms with van der Waals surface area (Å²) in [5.41, 5.74) is 5.52. The van der Waals surface area contributed by atoms with Crippen molar-refractivity contribution in [1.29, 1.82) is 0 Å². The monoisotopic (exact) mass is 239 g/mol. The number of nitrogens with one attached hydrogen (secondary N) is 1. The zero-order valence-corrected chi connectivity index (χ0v) is 9.05. The second kappa shape index (κ2) is 6.56. The molecule has 0 saturated carbocycles. The van der Waals surface area contributed by atoms with Gasteiger partial charge in [0, 0.05) is 6.54 Å². The van der Waals surface area contributed by atoms with Crippen molar-refractivity contribution in [2.75, 3.05) is 25.1 Å². The van der Waals surface area contributed by atoms with Crippen LogP contribution in [0.25, 0.3) is 0 Å². The van der Waals surface area contributed by atoms with Gasteiger partial charge in [0.05, 0.1) is 18.5 Å². The van der Waals surface area contributed by atoms with Gasteiger partial charge in [-0.25, -0.2) is 9.78 Å². The molecular weight excluding hydrogens is 226 g/mol. The molecule has 4 N–H and O–H groups in total. The molecule has 0 aromatic carbocycles. The summed E-state index contributed by atoms with van der Waals surface area (Å²) in [5, 5.41) is 11.1. The van der Waals surface area contributed by atoms with E-state index in [1.165, 1.54) is 18.3 Å². The van der Waals surface area contributed by atoms with Gasteiger partial charge in [-0.1, -0.05) is 0 Å². The van der Waals surface area contributed by atoms with Gasteiger partial charge in [-0.05, 0) is 12.1 Å². The molecule has 7 heteroatoms. The normalized spacial score (nSPS) is 9.94. The molecule has 0 radical (unpaired) electrons. The molecule has 0 aliphatic carbocycles. The van der Waals surface area contributed by atoms with Crippen molar-refractivity contribution in [2.45, 2.75) is 0 Å². The molecule has 0 unspecified atom stereocenters. The lowest BCUT2D eigenvalue weighted by Crippen LogP contribution is -2.20. The predicted molar refractivity (Wildman–Crippen MR) is 59.7 cm³/mol. The number of hydrogen-bond donors (Lipinski definition) is 3. The van der Waals surface area contributed by atoms with E-state index in [-0.39, 0.29) is 18.2 Å². The summed E-state index contributed by atoms with van der Waals surface area (Å²) >= 11 is 0. The third-order valence-corrected chi connectivity index (χ3v) is 1.76. The molecule has 1 aromatic rings. The van der Waals surface area contributed by atoms with Crippen molar-refractivity contribution in [3.63, 3.8) is 0 Å². The first-order valence-electron chi connectivity index (χ1n) is 4.90. The Bertz CT molecular complexity index is 391. The predicted octanol–water partition coefficient (Wildman–Crippen LogP) is -0.306. The number of aromatic carboxylic acids is 1. The molecule has 17 heavy (non-hydrogen) atoms. The van der Waals surface area contributed by atoms with E-state index in [9.17, 15) is 9.59 Å². The fourth-order valence-corrected chi connectivity index (χ4v) is 1.04. The third kappa shape index (κ3) is 4.58. The number of carbonyl (C=O) groups excluding carboxylic acids is 1. The minimum absolute atomic E-state index is 0.0811. The maximum absolute atomic E-state index is 11.3. The summed E-state index contributed by atoms with van der Waals surface area (Å²) in [6.45, 7) is 0.559. The molecular formula is C10H13N3O4. The molecule has 1 aromatic heterocycles. The summed E-state index contributed by atoms with van der Waals surface area (Å²) < 4.78 is 4.93. The number of aromatic nitrogens is 1. The summed E-state index contributed by atoms with van der Waals surface area (Å²) in [7, 11) is 0. The minimum Gasteiger partial charge on any atom is -0.477 e. The number of rotatable bonds is 6. The van der Waals surface area contributed by atoms with E-state index in [0.29, 0.717) is 18.8 Å². The zero-order chi connectivity index (χ0) is 12.7. The smallest absolute Gasteiger partial charge is 0.354 e. The molecule has 7 nitrogen and oxygen atoms in total. The first-order chi connectivity index (χ1) is 8.13. The van der Waals surface area contributed by atoms with Crippen molar-refractivity contribution < 1.29 is 19.4 Å². The first kappa shape index (κ1) is 13.1. The highest BCUT2D eigenvalue weighted by Crippen LogP contribution is 2.05. The maximum atomic E-state index is 11.3. The van der Waals surface area contributed by atoms with E-state index in [0.717, 1.165) is 0 Å². The average molecular weight is 239 g/mol. The number of hydrogen-bond acceptors (Lipinski definition) is 5. The lowest BCUT2D eigenvalue weighted by molar-refractivity contribution is -0.120. The number of ether oxygens (including phenoxy) is 1. The van der Waals surface area contributed by atoms with E-state index in [4.69, 9.17) is 15.6 Å². The molecule has 0 aliphatic rings. The number of anilines is 1. The van der Waals surface area contributed by atoms with Crippen molar-refractivity contribution >= 4 is 17.6 Å². The summed E-state index contributed by atoms with van der Waals surface area (Å²) in [6.07, 6.45) is 1.27. The van der Waals surface area contributed by atoms with Crippen LogP contribution in [0.1, 0.15) is 10.5 Å². The van der Waals surface area contributed by atoms with Gasteiger partial charge in [0.1, 0.15) is 12.3 Å². The molecule has 0 saturated heterocycles. The Kier molecular flexibility index (Phi) is 5.05. The van der Waals surface area contributed by atoms with Crippen LogP contribution in [0.5, 0.6) is 0 Å². The van der Waals surface area contributed by atoms with Gasteiger partial charge in [0.15, 0.2) is 0 Å². The van der Waals surface area contributed by atoms with Crippen molar-refractivity contribution in [2.24, 2.45) is 5.73 Å². The second-order valence-corrected chi connectivity index (χ2v) is 3.13. The van der Waals surface area contributed by atoms with E-state index in [1.54, 1.807) is 0 Å². The van der Waals surface area contributed by atoms with Gasteiger partial charge in [-0.15, -0.1) is 0 Å². The first-order valence-corrected chi connectivity index (χ1v) is 4.90. The van der Waals surface area contributed by atoms with Gasteiger partial charge in [0.2, 0.25) is 5.91 Å². The Morgan fingerprint density at radius 2 is 2.24 bits per heavy atom. The lowest BCUT2D eigenvalue weighted by Gasteiger charge is -2.05. The largest absolute Gasteiger partial charge is 0.477 e. The van der Waals surface area contributed by atoms with Crippen LogP contribution in [0.4, 0.5) is 5.69 Å². The van der Waals surface area contributed by atoms with Gasteiger partial charge >= 0.3 is 5.97 Å². The van der Waals surface area contributed by atoms with Crippen LogP contribution >= 0.6 is 0 Å². The summed E-state index contributed by atoms with van der Waals surface area (Å²) in [5.74, 6) is -1.46. The quantitative estimate of drug-likeness (QED) is 0.587. The molecule has 92 valence electrons. The fourth-order valence-electron chi connectivity index (χ4n) is 1.04. The van der Waals surface area contributed by atoms with Gasteiger partial charge in [-0.2, -0.15) is 0 Å². The topological polar surface area (TPSA) is 115 Å². The third-order valence-electron chi connectivity index (χ3n) is 1.76. The number of carboxylic acid groups (broad SMARTS) is 1. The molecule has 0 atom stereocenters. The van der Waals surface area contributed by atoms with E-state index >= 15 is 0 Å². The summed E-state index contributed by atoms with van der Waals surface area (Å²) in [4.78, 5) is 25.5. The second-order valence-electron chi connectivity index (χ2n) is 3.13. The van der Waals surface area contributed by atoms with Gasteiger partial charge < -0.3 is 20.9 Å². The minimum atomic E-state index is -1.12. The Hall–Kier alpha value is -1.99. The van der Waals surface area contributed by atoms with Crippen molar-refractivity contribution in [1.82, 2.24) is 4.98 Å². The Labute approximate surface area is 97.6 Å². The Morgan fingerprint density at radius 1 is 1.47 bits per heavy atom. The number of pyridine rings is 1.